The Kier molecular flexibility index (Phi) is 6.27. The van der Waals surface area contributed by atoms with Gasteiger partial charge < -0.3 is 19.1 Å². The quantitative estimate of drug-likeness (QED) is 0.711. The highest BCUT2D eigenvalue weighted by Crippen LogP contribution is 2.31. The van der Waals surface area contributed by atoms with Crippen molar-refractivity contribution in [2.45, 2.75) is 12.5 Å². The molecule has 0 radical (unpaired) electrons. The van der Waals surface area contributed by atoms with Crippen LogP contribution >= 0.6 is 0 Å². The van der Waals surface area contributed by atoms with E-state index in [1.165, 1.54) is 11.1 Å². The summed E-state index contributed by atoms with van der Waals surface area (Å²) in [6.45, 7) is 5.37. The number of carbonyl (C=O) groups is 1. The van der Waals surface area contributed by atoms with Crippen LogP contribution in [-0.4, -0.2) is 73.8 Å². The summed E-state index contributed by atoms with van der Waals surface area (Å²) in [5, 5.41) is 0. The summed E-state index contributed by atoms with van der Waals surface area (Å²) in [6.07, 6.45) is 3.71. The second-order valence-electron chi connectivity index (χ2n) is 7.44. The molecular weight excluding hydrogens is 370 g/mol. The first kappa shape index (κ1) is 19.7. The summed E-state index contributed by atoms with van der Waals surface area (Å²) in [4.78, 5) is 20.5. The lowest BCUT2D eigenvalue weighted by Crippen LogP contribution is -2.44. The van der Waals surface area contributed by atoms with Gasteiger partial charge in [0.25, 0.3) is 5.91 Å². The van der Waals surface area contributed by atoms with Gasteiger partial charge in [-0.3, -0.25) is 14.7 Å². The monoisotopic (exact) mass is 397 g/mol. The Morgan fingerprint density at radius 2 is 1.90 bits per heavy atom. The second kappa shape index (κ2) is 9.24. The van der Waals surface area contributed by atoms with E-state index in [4.69, 9.17) is 14.2 Å². The molecule has 0 bridgehead atoms. The number of carbonyl (C=O) groups excluding carboxylic acids is 1. The normalized spacial score (nSPS) is 17.6. The van der Waals surface area contributed by atoms with Gasteiger partial charge in [0.2, 0.25) is 0 Å². The van der Waals surface area contributed by atoms with Gasteiger partial charge >= 0.3 is 0 Å². The summed E-state index contributed by atoms with van der Waals surface area (Å²) in [6, 6.07) is 10.1. The molecule has 0 saturated carbocycles. The highest BCUT2D eigenvalue weighted by atomic mass is 16.5. The van der Waals surface area contributed by atoms with Crippen LogP contribution in [0.5, 0.6) is 11.5 Å². The first-order chi connectivity index (χ1) is 14.2. The number of rotatable bonds is 7. The maximum absolute atomic E-state index is 12.3. The van der Waals surface area contributed by atoms with Crippen LogP contribution < -0.4 is 9.47 Å². The molecule has 0 aliphatic carbocycles. The molecule has 0 unspecified atom stereocenters. The van der Waals surface area contributed by atoms with Crippen molar-refractivity contribution in [1.82, 2.24) is 14.8 Å². The lowest BCUT2D eigenvalue weighted by molar-refractivity contribution is -0.137. The van der Waals surface area contributed by atoms with Crippen LogP contribution in [0.15, 0.2) is 42.7 Å². The van der Waals surface area contributed by atoms with E-state index in [-0.39, 0.29) is 12.5 Å². The fraction of sp³-hybridized carbons (Fsp3) is 0.455. The number of morpholine rings is 1. The summed E-state index contributed by atoms with van der Waals surface area (Å²) in [7, 11) is 1.62. The molecule has 2 fully saturated rings. The number of pyridine rings is 1. The molecule has 7 nitrogen and oxygen atoms in total. The van der Waals surface area contributed by atoms with E-state index in [2.05, 4.69) is 22.0 Å². The number of benzene rings is 1. The van der Waals surface area contributed by atoms with Crippen molar-refractivity contribution in [2.75, 3.05) is 53.1 Å². The second-order valence-corrected chi connectivity index (χ2v) is 7.44. The molecule has 0 spiro atoms. The minimum atomic E-state index is -0.0258. The van der Waals surface area contributed by atoms with E-state index in [0.29, 0.717) is 43.7 Å². The van der Waals surface area contributed by atoms with Gasteiger partial charge in [-0.15, -0.1) is 0 Å². The van der Waals surface area contributed by atoms with E-state index in [0.717, 1.165) is 19.6 Å². The molecule has 2 aliphatic heterocycles. The molecule has 1 aromatic carbocycles. The average Bonchev–Trinajstić information content (AvgIpc) is 2.75. The van der Waals surface area contributed by atoms with E-state index < -0.39 is 0 Å². The Morgan fingerprint density at radius 1 is 1.14 bits per heavy atom. The third kappa shape index (κ3) is 4.86. The largest absolute Gasteiger partial charge is 0.493 e. The van der Waals surface area contributed by atoms with Crippen LogP contribution in [0.4, 0.5) is 0 Å². The number of aromatic nitrogens is 1. The van der Waals surface area contributed by atoms with Crippen molar-refractivity contribution in [3.63, 3.8) is 0 Å². The maximum Gasteiger partial charge on any atom is 0.260 e. The van der Waals surface area contributed by atoms with E-state index in [9.17, 15) is 4.79 Å². The molecule has 1 aromatic heterocycles. The van der Waals surface area contributed by atoms with Gasteiger partial charge in [-0.1, -0.05) is 6.07 Å². The number of hydrogen-bond acceptors (Lipinski definition) is 6. The number of amides is 1. The number of ether oxygens (including phenoxy) is 3. The summed E-state index contributed by atoms with van der Waals surface area (Å²) < 4.78 is 16.5. The van der Waals surface area contributed by atoms with E-state index in [1.54, 1.807) is 12.0 Å². The Morgan fingerprint density at radius 3 is 2.62 bits per heavy atom. The van der Waals surface area contributed by atoms with Gasteiger partial charge in [-0.05, 0) is 35.4 Å². The minimum Gasteiger partial charge on any atom is -0.493 e. The number of hydrogen-bond donors (Lipinski definition) is 0. The average molecular weight is 397 g/mol. The van der Waals surface area contributed by atoms with Crippen molar-refractivity contribution in [1.29, 1.82) is 0 Å². The molecule has 2 aromatic rings. The fourth-order valence-electron chi connectivity index (χ4n) is 3.78. The van der Waals surface area contributed by atoms with Crippen LogP contribution in [0.2, 0.25) is 0 Å². The van der Waals surface area contributed by atoms with Gasteiger partial charge in [0, 0.05) is 51.0 Å². The smallest absolute Gasteiger partial charge is 0.260 e. The zero-order valence-electron chi connectivity index (χ0n) is 16.8. The molecule has 29 heavy (non-hydrogen) atoms. The molecule has 154 valence electrons. The molecule has 0 atom stereocenters. The zero-order valence-corrected chi connectivity index (χ0v) is 16.8. The van der Waals surface area contributed by atoms with E-state index in [1.807, 2.05) is 30.6 Å². The highest BCUT2D eigenvalue weighted by Gasteiger charge is 2.28. The minimum absolute atomic E-state index is 0.00937. The molecular formula is C22H27N3O4. The van der Waals surface area contributed by atoms with E-state index >= 15 is 0 Å². The highest BCUT2D eigenvalue weighted by molar-refractivity contribution is 5.78. The van der Waals surface area contributed by atoms with Crippen LogP contribution in [0.25, 0.3) is 0 Å². The van der Waals surface area contributed by atoms with Crippen molar-refractivity contribution in [2.24, 2.45) is 0 Å². The van der Waals surface area contributed by atoms with Crippen molar-refractivity contribution >= 4 is 5.91 Å². The molecule has 0 N–H and O–H groups in total. The predicted octanol–water partition coefficient (Wildman–Crippen LogP) is 1.93. The topological polar surface area (TPSA) is 64.1 Å². The third-order valence-electron chi connectivity index (χ3n) is 5.48. The Bertz CT molecular complexity index is 818. The van der Waals surface area contributed by atoms with Crippen LogP contribution in [0, 0.1) is 0 Å². The third-order valence-corrected chi connectivity index (χ3v) is 5.48. The predicted molar refractivity (Wildman–Crippen MR) is 108 cm³/mol. The van der Waals surface area contributed by atoms with Crippen LogP contribution in [-0.2, 0) is 16.1 Å². The zero-order chi connectivity index (χ0) is 20.1. The molecule has 7 heteroatoms. The molecule has 3 heterocycles. The van der Waals surface area contributed by atoms with Gasteiger partial charge in [0.15, 0.2) is 18.1 Å². The molecule has 2 aliphatic rings. The lowest BCUT2D eigenvalue weighted by atomic mass is 9.92. The first-order valence-electron chi connectivity index (χ1n) is 10.0. The fourth-order valence-corrected chi connectivity index (χ4v) is 3.78. The Balaban J connectivity index is 1.29. The van der Waals surface area contributed by atoms with Crippen LogP contribution in [0.3, 0.4) is 0 Å². The molecule has 4 rings (SSSR count). The molecule has 2 saturated heterocycles. The SMILES string of the molecule is COc1cc(CN2CC(c3ccncc3)C2)ccc1OCC(=O)N1CCOCC1. The molecule has 1 amide bonds. The number of methoxy groups -OCH3 is 1. The standard InChI is InChI=1S/C22H27N3O4/c1-27-21-12-17(13-24-14-19(15-24)18-4-6-23-7-5-18)2-3-20(21)29-16-22(26)25-8-10-28-11-9-25/h2-7,12,19H,8-11,13-16H2,1H3. The summed E-state index contributed by atoms with van der Waals surface area (Å²) >= 11 is 0. The Labute approximate surface area is 171 Å². The number of nitrogens with zero attached hydrogens (tertiary/aromatic N) is 3. The summed E-state index contributed by atoms with van der Waals surface area (Å²) in [5.41, 5.74) is 2.52. The van der Waals surface area contributed by atoms with Crippen molar-refractivity contribution in [3.05, 3.63) is 53.9 Å². The van der Waals surface area contributed by atoms with Gasteiger partial charge in [0.05, 0.1) is 20.3 Å². The van der Waals surface area contributed by atoms with Crippen LogP contribution in [0.1, 0.15) is 17.0 Å². The lowest BCUT2D eigenvalue weighted by Gasteiger charge is -2.39. The van der Waals surface area contributed by atoms with Crippen molar-refractivity contribution < 1.29 is 19.0 Å². The first-order valence-corrected chi connectivity index (χ1v) is 10.0. The van der Waals surface area contributed by atoms with Crippen molar-refractivity contribution in [3.8, 4) is 11.5 Å². The number of likely N-dealkylation sites (tertiary alicyclic amines) is 1. The van der Waals surface area contributed by atoms with Gasteiger partial charge in [0.1, 0.15) is 0 Å². The van der Waals surface area contributed by atoms with Gasteiger partial charge in [-0.25, -0.2) is 0 Å². The Hall–Kier alpha value is -2.64. The maximum atomic E-state index is 12.3. The van der Waals surface area contributed by atoms with Gasteiger partial charge in [-0.2, -0.15) is 0 Å². The summed E-state index contributed by atoms with van der Waals surface area (Å²) in [5.74, 6) is 1.80.